The van der Waals surface area contributed by atoms with Crippen LogP contribution in [0.2, 0.25) is 5.02 Å². The van der Waals surface area contributed by atoms with E-state index in [9.17, 15) is 22.4 Å². The zero-order valence-electron chi connectivity index (χ0n) is 12.5. The van der Waals surface area contributed by atoms with Crippen LogP contribution in [0.3, 0.4) is 0 Å². The van der Waals surface area contributed by atoms with Gasteiger partial charge < -0.3 is 15.4 Å². The van der Waals surface area contributed by atoms with Gasteiger partial charge in [-0.25, -0.2) is 14.2 Å². The zero-order chi connectivity index (χ0) is 18.4. The van der Waals surface area contributed by atoms with Crippen molar-refractivity contribution < 1.29 is 27.1 Å². The van der Waals surface area contributed by atoms with Crippen LogP contribution >= 0.6 is 11.6 Å². The Balaban J connectivity index is 1.89. The molecule has 0 aliphatic heterocycles. The molecule has 25 heavy (non-hydrogen) atoms. The number of anilines is 1. The number of rotatable bonds is 5. The minimum absolute atomic E-state index is 0.000219. The van der Waals surface area contributed by atoms with E-state index in [4.69, 9.17) is 11.6 Å². The van der Waals surface area contributed by atoms with E-state index in [1.807, 2.05) is 0 Å². The van der Waals surface area contributed by atoms with E-state index >= 15 is 0 Å². The van der Waals surface area contributed by atoms with E-state index in [2.05, 4.69) is 20.4 Å². The number of hydrogen-bond donors (Lipinski definition) is 2. The molecule has 0 unspecified atom stereocenters. The second kappa shape index (κ2) is 8.02. The number of pyridine rings is 1. The van der Waals surface area contributed by atoms with Gasteiger partial charge in [0.05, 0.1) is 0 Å². The molecular formula is C15H12ClF4N3O2. The molecule has 1 heterocycles. The predicted molar refractivity (Wildman–Crippen MR) is 83.1 cm³/mol. The van der Waals surface area contributed by atoms with Gasteiger partial charge in [-0.2, -0.15) is 13.2 Å². The summed E-state index contributed by atoms with van der Waals surface area (Å²) in [7, 11) is 0. The fourth-order valence-electron chi connectivity index (χ4n) is 1.78. The van der Waals surface area contributed by atoms with Gasteiger partial charge >= 0.3 is 12.2 Å². The average Bonchev–Trinajstić information content (AvgIpc) is 2.50. The molecule has 5 nitrogen and oxygen atoms in total. The van der Waals surface area contributed by atoms with Gasteiger partial charge in [0, 0.05) is 29.5 Å². The number of alkyl halides is 3. The Labute approximate surface area is 145 Å². The highest BCUT2D eigenvalue weighted by Gasteiger charge is 2.28. The molecule has 134 valence electrons. The molecule has 0 aliphatic rings. The maximum Gasteiger partial charge on any atom is 0.422 e. The highest BCUT2D eigenvalue weighted by atomic mass is 35.5. The first-order valence-corrected chi connectivity index (χ1v) is 7.24. The molecule has 0 fully saturated rings. The van der Waals surface area contributed by atoms with E-state index in [1.54, 1.807) is 0 Å². The highest BCUT2D eigenvalue weighted by Crippen LogP contribution is 2.19. The number of carbonyl (C=O) groups is 1. The molecule has 0 bridgehead atoms. The molecule has 2 aromatic rings. The lowest BCUT2D eigenvalue weighted by Gasteiger charge is -2.10. The quantitative estimate of drug-likeness (QED) is 0.770. The van der Waals surface area contributed by atoms with Gasteiger partial charge in [0.15, 0.2) is 6.61 Å². The van der Waals surface area contributed by atoms with Crippen LogP contribution in [0.25, 0.3) is 0 Å². The van der Waals surface area contributed by atoms with Crippen molar-refractivity contribution in [1.82, 2.24) is 10.3 Å². The third-order valence-electron chi connectivity index (χ3n) is 2.76. The van der Waals surface area contributed by atoms with E-state index in [1.165, 1.54) is 24.4 Å². The molecule has 0 aliphatic carbocycles. The van der Waals surface area contributed by atoms with Crippen LogP contribution in [0, 0.1) is 5.82 Å². The summed E-state index contributed by atoms with van der Waals surface area (Å²) in [5.41, 5.74) is 0.631. The van der Waals surface area contributed by atoms with E-state index < -0.39 is 24.6 Å². The van der Waals surface area contributed by atoms with Crippen molar-refractivity contribution in [3.63, 3.8) is 0 Å². The number of hydrogen-bond acceptors (Lipinski definition) is 3. The van der Waals surface area contributed by atoms with Gasteiger partial charge in [-0.15, -0.1) is 0 Å². The average molecular weight is 378 g/mol. The molecule has 2 rings (SSSR count). The lowest BCUT2D eigenvalue weighted by atomic mass is 10.2. The van der Waals surface area contributed by atoms with Crippen molar-refractivity contribution >= 4 is 23.3 Å². The fraction of sp³-hybridized carbons (Fsp3) is 0.200. The topological polar surface area (TPSA) is 63.2 Å². The van der Waals surface area contributed by atoms with Gasteiger partial charge in [-0.1, -0.05) is 11.6 Å². The van der Waals surface area contributed by atoms with Gasteiger partial charge in [-0.05, 0) is 29.8 Å². The Hall–Kier alpha value is -2.55. The monoisotopic (exact) mass is 377 g/mol. The van der Waals surface area contributed by atoms with E-state index in [0.29, 0.717) is 5.56 Å². The zero-order valence-corrected chi connectivity index (χ0v) is 13.3. The van der Waals surface area contributed by atoms with Crippen molar-refractivity contribution in [3.05, 3.63) is 52.9 Å². The standard InChI is InChI=1S/C15H12ClF4N3O2/c16-10-4-11(17)6-12(5-10)23-14(24)22-7-9-1-2-21-13(3-9)25-8-15(18,19)20/h1-6H,7-8H2,(H2,22,23,24). The number of benzene rings is 1. The fourth-order valence-corrected chi connectivity index (χ4v) is 2.00. The van der Waals surface area contributed by atoms with Gasteiger partial charge in [0.25, 0.3) is 0 Å². The molecular weight excluding hydrogens is 366 g/mol. The largest absolute Gasteiger partial charge is 0.468 e. The van der Waals surface area contributed by atoms with Crippen LogP contribution in [0.5, 0.6) is 5.88 Å². The highest BCUT2D eigenvalue weighted by molar-refractivity contribution is 6.30. The van der Waals surface area contributed by atoms with Gasteiger partial charge in [-0.3, -0.25) is 0 Å². The molecule has 1 aromatic heterocycles. The Morgan fingerprint density at radius 3 is 2.68 bits per heavy atom. The van der Waals surface area contributed by atoms with Crippen LogP contribution in [-0.2, 0) is 6.54 Å². The second-order valence-electron chi connectivity index (χ2n) is 4.87. The van der Waals surface area contributed by atoms with Crippen LogP contribution in [0.1, 0.15) is 5.56 Å². The first kappa shape index (κ1) is 18.8. The number of aromatic nitrogens is 1. The lowest BCUT2D eigenvalue weighted by Crippen LogP contribution is -2.28. The second-order valence-corrected chi connectivity index (χ2v) is 5.31. The van der Waals surface area contributed by atoms with Gasteiger partial charge in [0.1, 0.15) is 5.82 Å². The van der Waals surface area contributed by atoms with Gasteiger partial charge in [0.2, 0.25) is 5.88 Å². The van der Waals surface area contributed by atoms with Crippen LogP contribution in [0.4, 0.5) is 28.0 Å². The Morgan fingerprint density at radius 2 is 2.00 bits per heavy atom. The molecule has 1 aromatic carbocycles. The molecule has 10 heteroatoms. The van der Waals surface area contributed by atoms with Crippen molar-refractivity contribution in [2.45, 2.75) is 12.7 Å². The number of carbonyl (C=O) groups excluding carboxylic acids is 1. The number of halogens is 5. The summed E-state index contributed by atoms with van der Waals surface area (Å²) in [6.45, 7) is -1.46. The smallest absolute Gasteiger partial charge is 0.422 e. The van der Waals surface area contributed by atoms with Crippen LogP contribution < -0.4 is 15.4 Å². The number of ether oxygens (including phenoxy) is 1. The van der Waals surface area contributed by atoms with E-state index in [-0.39, 0.29) is 23.1 Å². The third kappa shape index (κ3) is 6.84. The predicted octanol–water partition coefficient (Wildman–Crippen LogP) is 4.14. The minimum Gasteiger partial charge on any atom is -0.468 e. The first-order chi connectivity index (χ1) is 11.7. The van der Waals surface area contributed by atoms with Crippen molar-refractivity contribution in [3.8, 4) is 5.88 Å². The maximum atomic E-state index is 13.2. The summed E-state index contributed by atoms with van der Waals surface area (Å²) in [5, 5.41) is 4.97. The molecule has 0 radical (unpaired) electrons. The SMILES string of the molecule is O=C(NCc1ccnc(OCC(F)(F)F)c1)Nc1cc(F)cc(Cl)c1. The first-order valence-electron chi connectivity index (χ1n) is 6.87. The van der Waals surface area contributed by atoms with Crippen molar-refractivity contribution in [1.29, 1.82) is 0 Å². The maximum absolute atomic E-state index is 13.2. The van der Waals surface area contributed by atoms with Crippen LogP contribution in [-0.4, -0.2) is 23.8 Å². The summed E-state index contributed by atoms with van der Waals surface area (Å²) in [5.74, 6) is -0.822. The molecule has 0 atom stereocenters. The third-order valence-corrected chi connectivity index (χ3v) is 2.97. The number of nitrogens with zero attached hydrogens (tertiary/aromatic N) is 1. The normalized spacial score (nSPS) is 11.1. The molecule has 0 spiro atoms. The lowest BCUT2D eigenvalue weighted by molar-refractivity contribution is -0.154. The number of amides is 2. The van der Waals surface area contributed by atoms with E-state index in [0.717, 1.165) is 12.1 Å². The Bertz CT molecular complexity index is 736. The van der Waals surface area contributed by atoms with Crippen molar-refractivity contribution in [2.24, 2.45) is 0 Å². The van der Waals surface area contributed by atoms with Crippen molar-refractivity contribution in [2.75, 3.05) is 11.9 Å². The summed E-state index contributed by atoms with van der Waals surface area (Å²) in [4.78, 5) is 15.4. The van der Waals surface area contributed by atoms with Crippen LogP contribution in [0.15, 0.2) is 36.5 Å². The summed E-state index contributed by atoms with van der Waals surface area (Å²) < 4.78 is 54.0. The summed E-state index contributed by atoms with van der Waals surface area (Å²) in [6, 6.07) is 5.66. The minimum atomic E-state index is -4.47. The Morgan fingerprint density at radius 1 is 1.24 bits per heavy atom. The molecule has 2 N–H and O–H groups in total. The Kier molecular flexibility index (Phi) is 6.02. The number of nitrogens with one attached hydrogen (secondary N) is 2. The molecule has 2 amide bonds. The molecule has 0 saturated heterocycles. The number of urea groups is 1. The summed E-state index contributed by atoms with van der Waals surface area (Å²) in [6.07, 6.45) is -3.21. The summed E-state index contributed by atoms with van der Waals surface area (Å²) >= 11 is 5.67. The molecule has 0 saturated carbocycles.